The number of carboxylic acid groups (broad SMARTS) is 1. The van der Waals surface area contributed by atoms with Gasteiger partial charge in [0.25, 0.3) is 0 Å². The first-order chi connectivity index (χ1) is 18.6. The molecule has 39 heavy (non-hydrogen) atoms. The van der Waals surface area contributed by atoms with Crippen LogP contribution in [0.5, 0.6) is 0 Å². The molecular formula is C24H38O15. The molecule has 0 aliphatic carbocycles. The summed E-state index contributed by atoms with van der Waals surface area (Å²) in [6, 6.07) is 0. The molecule has 224 valence electrons. The summed E-state index contributed by atoms with van der Waals surface area (Å²) in [5.41, 5.74) is 0. The topological polar surface area (TPSA) is 207 Å². The van der Waals surface area contributed by atoms with Gasteiger partial charge in [-0.05, 0) is 0 Å². The van der Waals surface area contributed by atoms with Crippen molar-refractivity contribution in [2.75, 3.05) is 67.1 Å². The van der Waals surface area contributed by atoms with Gasteiger partial charge in [-0.3, -0.25) is 19.2 Å². The number of hydrogen-bond donors (Lipinski definition) is 2. The predicted molar refractivity (Wildman–Crippen MR) is 132 cm³/mol. The Bertz CT molecular complexity index is 731. The Hall–Kier alpha value is -3.82. The van der Waals surface area contributed by atoms with Crippen molar-refractivity contribution in [2.24, 2.45) is 0 Å². The summed E-state index contributed by atoms with van der Waals surface area (Å²) in [5.74, 6) is -3.93. The molecule has 0 spiro atoms. The SMILES string of the molecule is C=CC(=O)OCCOC(=O)CCC(=O)O.C=CC(=O)OCCOC(=O)CCC(=O)OCCOC.COCCO. The van der Waals surface area contributed by atoms with E-state index in [1.807, 2.05) is 0 Å². The van der Waals surface area contributed by atoms with Crippen LogP contribution in [0.3, 0.4) is 0 Å². The van der Waals surface area contributed by atoms with Crippen molar-refractivity contribution in [3.05, 3.63) is 25.3 Å². The number of hydrogen-bond acceptors (Lipinski definition) is 14. The number of carbonyl (C=O) groups excluding carboxylic acids is 5. The minimum Gasteiger partial charge on any atom is -0.481 e. The van der Waals surface area contributed by atoms with Crippen molar-refractivity contribution in [2.45, 2.75) is 25.7 Å². The summed E-state index contributed by atoms with van der Waals surface area (Å²) in [6.07, 6.45) is 1.40. The number of methoxy groups -OCH3 is 2. The molecule has 0 fully saturated rings. The van der Waals surface area contributed by atoms with Crippen LogP contribution in [-0.2, 0) is 61.9 Å². The molecule has 0 radical (unpaired) electrons. The number of rotatable bonds is 19. The maximum Gasteiger partial charge on any atom is 0.330 e. The van der Waals surface area contributed by atoms with Crippen LogP contribution in [0.2, 0.25) is 0 Å². The average molecular weight is 567 g/mol. The van der Waals surface area contributed by atoms with Crippen molar-refractivity contribution < 1.29 is 72.1 Å². The second-order valence-corrected chi connectivity index (χ2v) is 6.51. The van der Waals surface area contributed by atoms with Gasteiger partial charge in [-0.2, -0.15) is 0 Å². The molecule has 0 aromatic carbocycles. The number of esters is 5. The Labute approximate surface area is 226 Å². The van der Waals surface area contributed by atoms with Crippen LogP contribution in [0.25, 0.3) is 0 Å². The van der Waals surface area contributed by atoms with E-state index in [1.54, 1.807) is 7.11 Å². The van der Waals surface area contributed by atoms with E-state index in [0.29, 0.717) is 13.2 Å². The molecule has 0 saturated carbocycles. The highest BCUT2D eigenvalue weighted by atomic mass is 16.6. The maximum atomic E-state index is 11.2. The third-order valence-electron chi connectivity index (χ3n) is 3.44. The van der Waals surface area contributed by atoms with Gasteiger partial charge in [-0.25, -0.2) is 9.59 Å². The van der Waals surface area contributed by atoms with E-state index >= 15 is 0 Å². The lowest BCUT2D eigenvalue weighted by molar-refractivity contribution is -0.153. The Morgan fingerprint density at radius 3 is 1.18 bits per heavy atom. The number of ether oxygens (including phenoxy) is 7. The summed E-state index contributed by atoms with van der Waals surface area (Å²) in [4.78, 5) is 64.3. The second kappa shape index (κ2) is 30.4. The first kappa shape index (κ1) is 39.7. The Morgan fingerprint density at radius 2 is 0.897 bits per heavy atom. The molecular weight excluding hydrogens is 528 g/mol. The van der Waals surface area contributed by atoms with Gasteiger partial charge in [-0.1, -0.05) is 13.2 Å². The zero-order valence-electron chi connectivity index (χ0n) is 22.3. The quantitative estimate of drug-likeness (QED) is 0.0911. The molecule has 0 atom stereocenters. The van der Waals surface area contributed by atoms with Crippen LogP contribution in [0.4, 0.5) is 0 Å². The molecule has 0 rings (SSSR count). The van der Waals surface area contributed by atoms with Crippen LogP contribution >= 0.6 is 0 Å². The Balaban J connectivity index is -0.000000576. The molecule has 0 heterocycles. The number of carbonyl (C=O) groups is 6. The summed E-state index contributed by atoms with van der Waals surface area (Å²) in [5, 5.41) is 16.2. The van der Waals surface area contributed by atoms with Gasteiger partial charge in [0, 0.05) is 26.4 Å². The van der Waals surface area contributed by atoms with Gasteiger partial charge in [0.05, 0.1) is 45.5 Å². The van der Waals surface area contributed by atoms with Gasteiger partial charge < -0.3 is 43.4 Å². The van der Waals surface area contributed by atoms with E-state index in [4.69, 9.17) is 24.4 Å². The average Bonchev–Trinajstić information content (AvgIpc) is 2.92. The van der Waals surface area contributed by atoms with Gasteiger partial charge >= 0.3 is 35.8 Å². The lowest BCUT2D eigenvalue weighted by Gasteiger charge is -2.05. The largest absolute Gasteiger partial charge is 0.481 e. The van der Waals surface area contributed by atoms with Crippen molar-refractivity contribution in [3.8, 4) is 0 Å². The zero-order chi connectivity index (χ0) is 30.3. The summed E-state index contributed by atoms with van der Waals surface area (Å²) >= 11 is 0. The highest BCUT2D eigenvalue weighted by Crippen LogP contribution is 1.96. The third-order valence-corrected chi connectivity index (χ3v) is 3.44. The molecule has 0 amide bonds. The third kappa shape index (κ3) is 36.4. The fraction of sp³-hybridized carbons (Fsp3) is 0.583. The Kier molecular flexibility index (Phi) is 30.9. The van der Waals surface area contributed by atoms with Crippen LogP contribution in [0.1, 0.15) is 25.7 Å². The van der Waals surface area contributed by atoms with Gasteiger partial charge in [0.1, 0.15) is 33.0 Å². The molecule has 0 bridgehead atoms. The smallest absolute Gasteiger partial charge is 0.330 e. The van der Waals surface area contributed by atoms with Crippen LogP contribution in [-0.4, -0.2) is 113 Å². The number of aliphatic hydroxyl groups is 1. The molecule has 0 aliphatic rings. The summed E-state index contributed by atoms with van der Waals surface area (Å²) < 4.78 is 32.3. The molecule has 0 saturated heterocycles. The van der Waals surface area contributed by atoms with Crippen LogP contribution in [0, 0.1) is 0 Å². The highest BCUT2D eigenvalue weighted by Gasteiger charge is 2.09. The second-order valence-electron chi connectivity index (χ2n) is 6.51. The normalized spacial score (nSPS) is 9.21. The molecule has 0 aromatic heterocycles. The molecule has 0 unspecified atom stereocenters. The minimum atomic E-state index is -1.06. The van der Waals surface area contributed by atoms with Gasteiger partial charge in [0.15, 0.2) is 0 Å². The molecule has 15 nitrogen and oxygen atoms in total. The first-order valence-corrected chi connectivity index (χ1v) is 11.4. The van der Waals surface area contributed by atoms with Crippen molar-refractivity contribution in [1.82, 2.24) is 0 Å². The standard InChI is InChI=1S/C12H18O7.C9H12O6.C3H8O2/c1-3-10(13)17-8-9-19-12(15)5-4-11(14)18-7-6-16-2;1-2-8(12)14-5-6-15-9(13)4-3-7(10)11;1-5-3-2-4/h3H,1,4-9H2,2H3;2H,1,3-6H2,(H,10,11);4H,2-3H2,1H3. The van der Waals surface area contributed by atoms with E-state index < -0.39 is 35.8 Å². The van der Waals surface area contributed by atoms with E-state index in [0.717, 1.165) is 12.2 Å². The van der Waals surface area contributed by atoms with Crippen LogP contribution in [0.15, 0.2) is 25.3 Å². The number of aliphatic carboxylic acids is 1. The monoisotopic (exact) mass is 566 g/mol. The predicted octanol–water partition coefficient (Wildman–Crippen LogP) is -0.0227. The van der Waals surface area contributed by atoms with Crippen molar-refractivity contribution in [3.63, 3.8) is 0 Å². The fourth-order valence-corrected chi connectivity index (χ4v) is 1.67. The van der Waals surface area contributed by atoms with E-state index in [1.165, 1.54) is 7.11 Å². The summed E-state index contributed by atoms with van der Waals surface area (Å²) in [7, 11) is 3.04. The Morgan fingerprint density at radius 1 is 0.564 bits per heavy atom. The lowest BCUT2D eigenvalue weighted by atomic mass is 10.3. The van der Waals surface area contributed by atoms with E-state index in [2.05, 4.69) is 32.1 Å². The van der Waals surface area contributed by atoms with Crippen molar-refractivity contribution >= 4 is 35.8 Å². The summed E-state index contributed by atoms with van der Waals surface area (Å²) in [6.45, 7) is 7.16. The minimum absolute atomic E-state index is 0.0467. The van der Waals surface area contributed by atoms with E-state index in [9.17, 15) is 28.8 Å². The van der Waals surface area contributed by atoms with E-state index in [-0.39, 0.29) is 65.3 Å². The van der Waals surface area contributed by atoms with Crippen molar-refractivity contribution in [1.29, 1.82) is 0 Å². The van der Waals surface area contributed by atoms with Gasteiger partial charge in [-0.15, -0.1) is 0 Å². The highest BCUT2D eigenvalue weighted by molar-refractivity contribution is 5.81. The molecule has 0 aliphatic heterocycles. The molecule has 0 aromatic rings. The number of carboxylic acids is 1. The zero-order valence-corrected chi connectivity index (χ0v) is 22.3. The molecule has 15 heteroatoms. The van der Waals surface area contributed by atoms with Gasteiger partial charge in [0.2, 0.25) is 0 Å². The first-order valence-electron chi connectivity index (χ1n) is 11.4. The molecule has 2 N–H and O–H groups in total. The van der Waals surface area contributed by atoms with Crippen LogP contribution < -0.4 is 0 Å². The fourth-order valence-electron chi connectivity index (χ4n) is 1.67. The lowest BCUT2D eigenvalue weighted by Crippen LogP contribution is -2.15. The maximum absolute atomic E-state index is 11.2. The number of aliphatic hydroxyl groups excluding tert-OH is 1.